The fourth-order valence-electron chi connectivity index (χ4n) is 1.06. The molecule has 4 heteroatoms. The molecule has 0 amide bonds. The Labute approximate surface area is 85.1 Å². The lowest BCUT2D eigenvalue weighted by molar-refractivity contribution is 0.596. The van der Waals surface area contributed by atoms with E-state index < -0.39 is 9.84 Å². The topological polar surface area (TPSA) is 46.2 Å². The molecule has 77 valence electrons. The van der Waals surface area contributed by atoms with Crippen molar-refractivity contribution in [3.05, 3.63) is 41.8 Å². The van der Waals surface area contributed by atoms with Crippen molar-refractivity contribution in [2.24, 2.45) is 0 Å². The molecule has 0 heterocycles. The zero-order valence-corrected chi connectivity index (χ0v) is 8.92. The van der Waals surface area contributed by atoms with Gasteiger partial charge in [-0.15, -0.1) is 0 Å². The fraction of sp³-hybridized carbons (Fsp3) is 0.300. The average Bonchev–Trinajstić information content (AvgIpc) is 2.16. The first-order valence-corrected chi connectivity index (χ1v) is 6.19. The molecule has 1 rings (SSSR count). The number of sulfone groups is 1. The average molecular weight is 212 g/mol. The molecule has 0 unspecified atom stereocenters. The molecule has 1 radical (unpaired) electrons. The molecular formula is C10H14NO2S. The standard InChI is InChI=1S/C10H14NO2S/c1-2-11-9-14(12,13)8-10-6-4-3-5-7-10/h3-7,9,11H,2,8H2,1H3. The zero-order valence-electron chi connectivity index (χ0n) is 8.10. The lowest BCUT2D eigenvalue weighted by Crippen LogP contribution is -2.17. The second-order valence-corrected chi connectivity index (χ2v) is 4.82. The van der Waals surface area contributed by atoms with Crippen molar-refractivity contribution >= 4 is 9.84 Å². The van der Waals surface area contributed by atoms with Crippen LogP contribution in [0.25, 0.3) is 0 Å². The summed E-state index contributed by atoms with van der Waals surface area (Å²) in [7, 11) is -3.13. The SMILES string of the molecule is CCN[CH]S(=O)(=O)Cc1ccccc1. The van der Waals surface area contributed by atoms with Crippen LogP contribution in [0.15, 0.2) is 30.3 Å². The maximum absolute atomic E-state index is 11.4. The second kappa shape index (κ2) is 5.12. The predicted molar refractivity (Wildman–Crippen MR) is 57.0 cm³/mol. The minimum Gasteiger partial charge on any atom is -0.299 e. The van der Waals surface area contributed by atoms with E-state index in [2.05, 4.69) is 5.32 Å². The normalized spacial score (nSPS) is 11.5. The molecule has 0 aliphatic carbocycles. The highest BCUT2D eigenvalue weighted by molar-refractivity contribution is 7.92. The first-order valence-electron chi connectivity index (χ1n) is 4.47. The number of hydrogen-bond donors (Lipinski definition) is 1. The van der Waals surface area contributed by atoms with Gasteiger partial charge < -0.3 is 0 Å². The van der Waals surface area contributed by atoms with E-state index in [4.69, 9.17) is 0 Å². The molecule has 0 fully saturated rings. The van der Waals surface area contributed by atoms with Gasteiger partial charge in [0.25, 0.3) is 0 Å². The zero-order chi connectivity index (χ0) is 10.4. The van der Waals surface area contributed by atoms with Crippen molar-refractivity contribution in [3.8, 4) is 0 Å². The maximum Gasteiger partial charge on any atom is 0.172 e. The Morgan fingerprint density at radius 2 is 1.93 bits per heavy atom. The third-order valence-electron chi connectivity index (χ3n) is 1.68. The Hall–Kier alpha value is -0.870. The molecule has 0 saturated carbocycles. The minimum absolute atomic E-state index is 0.0564. The number of benzene rings is 1. The van der Waals surface area contributed by atoms with E-state index in [1.54, 1.807) is 12.1 Å². The van der Waals surface area contributed by atoms with Crippen molar-refractivity contribution < 1.29 is 8.42 Å². The molecule has 0 aliphatic heterocycles. The van der Waals surface area contributed by atoms with Gasteiger partial charge in [-0.3, -0.25) is 5.32 Å². The lowest BCUT2D eigenvalue weighted by Gasteiger charge is -2.03. The van der Waals surface area contributed by atoms with E-state index in [0.717, 1.165) is 5.56 Å². The summed E-state index contributed by atoms with van der Waals surface area (Å²) in [5.41, 5.74) is 0.807. The van der Waals surface area contributed by atoms with Crippen molar-refractivity contribution in [2.75, 3.05) is 6.54 Å². The van der Waals surface area contributed by atoms with E-state index >= 15 is 0 Å². The summed E-state index contributed by atoms with van der Waals surface area (Å²) in [5.74, 6) is 1.22. The predicted octanol–water partition coefficient (Wildman–Crippen LogP) is 1.33. The van der Waals surface area contributed by atoms with Crippen LogP contribution in [0.2, 0.25) is 0 Å². The van der Waals surface area contributed by atoms with Crippen LogP contribution < -0.4 is 5.32 Å². The summed E-state index contributed by atoms with van der Waals surface area (Å²) < 4.78 is 22.9. The number of hydrogen-bond acceptors (Lipinski definition) is 3. The molecule has 0 bridgehead atoms. The van der Waals surface area contributed by atoms with Gasteiger partial charge in [-0.2, -0.15) is 0 Å². The third-order valence-corrected chi connectivity index (χ3v) is 2.94. The quantitative estimate of drug-likeness (QED) is 0.801. The first-order chi connectivity index (χ1) is 6.64. The third kappa shape index (κ3) is 3.89. The van der Waals surface area contributed by atoms with Gasteiger partial charge in [0.15, 0.2) is 9.84 Å². The van der Waals surface area contributed by atoms with E-state index in [0.29, 0.717) is 6.54 Å². The highest BCUT2D eigenvalue weighted by Crippen LogP contribution is 2.06. The molecule has 1 aromatic carbocycles. The molecule has 0 spiro atoms. The van der Waals surface area contributed by atoms with Crippen LogP contribution in [-0.4, -0.2) is 15.0 Å². The van der Waals surface area contributed by atoms with Gasteiger partial charge in [0.2, 0.25) is 0 Å². The smallest absolute Gasteiger partial charge is 0.172 e. The van der Waals surface area contributed by atoms with Crippen molar-refractivity contribution in [1.29, 1.82) is 0 Å². The Kier molecular flexibility index (Phi) is 4.10. The van der Waals surface area contributed by atoms with Gasteiger partial charge in [0.05, 0.1) is 5.75 Å². The van der Waals surface area contributed by atoms with E-state index in [9.17, 15) is 8.42 Å². The van der Waals surface area contributed by atoms with Gasteiger partial charge >= 0.3 is 0 Å². The Morgan fingerprint density at radius 3 is 2.50 bits per heavy atom. The summed E-state index contributed by atoms with van der Waals surface area (Å²) in [6, 6.07) is 9.13. The number of nitrogens with one attached hydrogen (secondary N) is 1. The van der Waals surface area contributed by atoms with Gasteiger partial charge in [-0.25, -0.2) is 8.42 Å². The minimum atomic E-state index is -3.13. The van der Waals surface area contributed by atoms with Crippen LogP contribution in [0.1, 0.15) is 12.5 Å². The molecule has 0 atom stereocenters. The van der Waals surface area contributed by atoms with Crippen LogP contribution in [0, 0.1) is 5.88 Å². The molecule has 14 heavy (non-hydrogen) atoms. The van der Waals surface area contributed by atoms with Crippen molar-refractivity contribution in [2.45, 2.75) is 12.7 Å². The summed E-state index contributed by atoms with van der Waals surface area (Å²) >= 11 is 0. The number of rotatable bonds is 5. The molecule has 0 aromatic heterocycles. The largest absolute Gasteiger partial charge is 0.299 e. The molecule has 0 aliphatic rings. The Bertz CT molecular complexity index is 359. The molecule has 3 nitrogen and oxygen atoms in total. The van der Waals surface area contributed by atoms with E-state index in [1.165, 1.54) is 5.88 Å². The van der Waals surface area contributed by atoms with Crippen LogP contribution in [-0.2, 0) is 15.6 Å². The van der Waals surface area contributed by atoms with Crippen LogP contribution in [0.3, 0.4) is 0 Å². The van der Waals surface area contributed by atoms with E-state index in [-0.39, 0.29) is 5.75 Å². The highest BCUT2D eigenvalue weighted by Gasteiger charge is 2.10. The maximum atomic E-state index is 11.4. The van der Waals surface area contributed by atoms with E-state index in [1.807, 2.05) is 25.1 Å². The highest BCUT2D eigenvalue weighted by atomic mass is 32.2. The fourth-order valence-corrected chi connectivity index (χ4v) is 2.22. The summed E-state index contributed by atoms with van der Waals surface area (Å²) in [4.78, 5) is 0. The first kappa shape index (κ1) is 11.2. The van der Waals surface area contributed by atoms with Crippen LogP contribution >= 0.6 is 0 Å². The monoisotopic (exact) mass is 212 g/mol. The van der Waals surface area contributed by atoms with Gasteiger partial charge in [0, 0.05) is 0 Å². The molecule has 1 N–H and O–H groups in total. The van der Waals surface area contributed by atoms with Gasteiger partial charge in [-0.05, 0) is 12.1 Å². The molecule has 0 saturated heterocycles. The molecular weight excluding hydrogens is 198 g/mol. The van der Waals surface area contributed by atoms with Crippen LogP contribution in [0.4, 0.5) is 0 Å². The summed E-state index contributed by atoms with van der Waals surface area (Å²) in [5, 5.41) is 2.70. The van der Waals surface area contributed by atoms with Crippen molar-refractivity contribution in [3.63, 3.8) is 0 Å². The van der Waals surface area contributed by atoms with Crippen LogP contribution in [0.5, 0.6) is 0 Å². The van der Waals surface area contributed by atoms with Gasteiger partial charge in [-0.1, -0.05) is 37.3 Å². The van der Waals surface area contributed by atoms with Crippen molar-refractivity contribution in [1.82, 2.24) is 5.32 Å². The summed E-state index contributed by atoms with van der Waals surface area (Å²) in [6.07, 6.45) is 0. The lowest BCUT2D eigenvalue weighted by atomic mass is 10.2. The summed E-state index contributed by atoms with van der Waals surface area (Å²) in [6.45, 7) is 2.47. The van der Waals surface area contributed by atoms with Gasteiger partial charge in [0.1, 0.15) is 5.88 Å². The Morgan fingerprint density at radius 1 is 1.29 bits per heavy atom. The molecule has 1 aromatic rings. The second-order valence-electron chi connectivity index (χ2n) is 2.97. The Balaban J connectivity index is 2.60.